The SMILES string of the molecule is CC(=O)N(CCCN(C)C)CC[C@@H](C)CCC=C(C)C. The Labute approximate surface area is 126 Å². The summed E-state index contributed by atoms with van der Waals surface area (Å²) in [6.45, 7) is 11.1. The third-order valence-corrected chi connectivity index (χ3v) is 3.58. The highest BCUT2D eigenvalue weighted by Gasteiger charge is 2.10. The van der Waals surface area contributed by atoms with Crippen LogP contribution in [0.5, 0.6) is 0 Å². The van der Waals surface area contributed by atoms with Crippen molar-refractivity contribution >= 4 is 5.91 Å². The molecule has 0 aromatic heterocycles. The molecule has 0 aromatic rings. The van der Waals surface area contributed by atoms with E-state index in [1.807, 2.05) is 4.90 Å². The predicted molar refractivity (Wildman–Crippen MR) is 87.9 cm³/mol. The van der Waals surface area contributed by atoms with Crippen molar-refractivity contribution < 1.29 is 4.79 Å². The van der Waals surface area contributed by atoms with Gasteiger partial charge in [0.05, 0.1) is 0 Å². The maximum atomic E-state index is 11.6. The third kappa shape index (κ3) is 11.0. The van der Waals surface area contributed by atoms with E-state index >= 15 is 0 Å². The predicted octanol–water partition coefficient (Wildman–Crippen LogP) is 3.56. The summed E-state index contributed by atoms with van der Waals surface area (Å²) in [5, 5.41) is 0. The van der Waals surface area contributed by atoms with E-state index in [9.17, 15) is 4.79 Å². The fraction of sp³-hybridized carbons (Fsp3) is 0.824. The molecule has 3 heteroatoms. The first-order chi connectivity index (χ1) is 9.32. The first kappa shape index (κ1) is 19.2. The molecule has 0 spiro atoms. The van der Waals surface area contributed by atoms with Crippen molar-refractivity contribution in [3.63, 3.8) is 0 Å². The van der Waals surface area contributed by atoms with Gasteiger partial charge in [-0.25, -0.2) is 0 Å². The highest BCUT2D eigenvalue weighted by molar-refractivity contribution is 5.73. The summed E-state index contributed by atoms with van der Waals surface area (Å²) in [5.74, 6) is 0.890. The van der Waals surface area contributed by atoms with Crippen molar-refractivity contribution in [1.29, 1.82) is 0 Å². The van der Waals surface area contributed by atoms with Gasteiger partial charge in [0.15, 0.2) is 0 Å². The summed E-state index contributed by atoms with van der Waals surface area (Å²) in [4.78, 5) is 15.8. The molecule has 0 rings (SSSR count). The zero-order chi connectivity index (χ0) is 15.5. The molecule has 3 nitrogen and oxygen atoms in total. The van der Waals surface area contributed by atoms with Crippen molar-refractivity contribution in [2.45, 2.75) is 53.4 Å². The highest BCUT2D eigenvalue weighted by Crippen LogP contribution is 2.13. The van der Waals surface area contributed by atoms with Crippen LogP contribution in [0.1, 0.15) is 53.4 Å². The molecule has 0 N–H and O–H groups in total. The van der Waals surface area contributed by atoms with Gasteiger partial charge in [-0.3, -0.25) is 4.79 Å². The van der Waals surface area contributed by atoms with Crippen LogP contribution in [0.15, 0.2) is 11.6 Å². The molecule has 0 aliphatic carbocycles. The van der Waals surface area contributed by atoms with Crippen molar-refractivity contribution in [2.24, 2.45) is 5.92 Å². The molecule has 1 atom stereocenters. The Bertz CT molecular complexity index is 293. The van der Waals surface area contributed by atoms with Crippen LogP contribution in [0.2, 0.25) is 0 Å². The molecular weight excluding hydrogens is 248 g/mol. The standard InChI is InChI=1S/C17H34N2O/c1-15(2)9-7-10-16(3)11-14-19(17(4)20)13-8-12-18(5)6/h9,16H,7-8,10-14H2,1-6H3/t16-/m0/s1. The van der Waals surface area contributed by atoms with Crippen molar-refractivity contribution in [3.05, 3.63) is 11.6 Å². The smallest absolute Gasteiger partial charge is 0.219 e. The van der Waals surface area contributed by atoms with Gasteiger partial charge in [0.1, 0.15) is 0 Å². The Kier molecular flexibility index (Phi) is 10.4. The summed E-state index contributed by atoms with van der Waals surface area (Å²) >= 11 is 0. The number of hydrogen-bond acceptors (Lipinski definition) is 2. The lowest BCUT2D eigenvalue weighted by molar-refractivity contribution is -0.129. The van der Waals surface area contributed by atoms with E-state index in [-0.39, 0.29) is 5.91 Å². The van der Waals surface area contributed by atoms with Gasteiger partial charge in [-0.05, 0) is 66.1 Å². The number of nitrogens with zero attached hydrogens (tertiary/aromatic N) is 2. The summed E-state index contributed by atoms with van der Waals surface area (Å²) < 4.78 is 0. The van der Waals surface area contributed by atoms with E-state index in [4.69, 9.17) is 0 Å². The van der Waals surface area contributed by atoms with E-state index in [0.29, 0.717) is 5.92 Å². The lowest BCUT2D eigenvalue weighted by Gasteiger charge is -2.23. The minimum Gasteiger partial charge on any atom is -0.343 e. The Morgan fingerprint density at radius 3 is 2.20 bits per heavy atom. The number of amides is 1. The second kappa shape index (κ2) is 10.9. The van der Waals surface area contributed by atoms with Crippen molar-refractivity contribution in [1.82, 2.24) is 9.80 Å². The second-order valence-corrected chi connectivity index (χ2v) is 6.42. The minimum atomic E-state index is 0.209. The Morgan fingerprint density at radius 2 is 1.70 bits per heavy atom. The van der Waals surface area contributed by atoms with Crippen LogP contribution in [0.4, 0.5) is 0 Å². The van der Waals surface area contributed by atoms with Gasteiger partial charge in [-0.15, -0.1) is 0 Å². The molecule has 0 fully saturated rings. The van der Waals surface area contributed by atoms with Crippen LogP contribution in [-0.4, -0.2) is 49.4 Å². The Hall–Kier alpha value is -0.830. The molecule has 0 saturated carbocycles. The van der Waals surface area contributed by atoms with Crippen LogP contribution in [0.25, 0.3) is 0 Å². The molecule has 0 radical (unpaired) electrons. The molecule has 0 saturated heterocycles. The van der Waals surface area contributed by atoms with Gasteiger partial charge in [-0.1, -0.05) is 18.6 Å². The molecule has 0 aliphatic rings. The molecule has 0 bridgehead atoms. The molecular formula is C17H34N2O. The lowest BCUT2D eigenvalue weighted by atomic mass is 10.0. The fourth-order valence-corrected chi connectivity index (χ4v) is 2.18. The zero-order valence-corrected chi connectivity index (χ0v) is 14.4. The van der Waals surface area contributed by atoms with Crippen LogP contribution in [0.3, 0.4) is 0 Å². The maximum absolute atomic E-state index is 11.6. The zero-order valence-electron chi connectivity index (χ0n) is 14.4. The summed E-state index contributed by atoms with van der Waals surface area (Å²) in [5.41, 5.74) is 1.39. The van der Waals surface area contributed by atoms with Gasteiger partial charge in [0.25, 0.3) is 0 Å². The van der Waals surface area contributed by atoms with E-state index in [0.717, 1.165) is 38.9 Å². The first-order valence-electron chi connectivity index (χ1n) is 7.86. The van der Waals surface area contributed by atoms with Crippen molar-refractivity contribution in [2.75, 3.05) is 33.7 Å². The highest BCUT2D eigenvalue weighted by atomic mass is 16.2. The van der Waals surface area contributed by atoms with E-state index in [1.54, 1.807) is 6.92 Å². The normalized spacial score (nSPS) is 12.3. The molecule has 20 heavy (non-hydrogen) atoms. The Balaban J connectivity index is 3.95. The number of hydrogen-bond donors (Lipinski definition) is 0. The quantitative estimate of drug-likeness (QED) is 0.572. The van der Waals surface area contributed by atoms with Gasteiger partial charge in [0, 0.05) is 20.0 Å². The summed E-state index contributed by atoms with van der Waals surface area (Å²) in [6.07, 6.45) is 6.84. The molecule has 118 valence electrons. The van der Waals surface area contributed by atoms with E-state index in [1.165, 1.54) is 12.0 Å². The van der Waals surface area contributed by atoms with Gasteiger partial charge >= 0.3 is 0 Å². The summed E-state index contributed by atoms with van der Waals surface area (Å²) in [7, 11) is 4.15. The van der Waals surface area contributed by atoms with Gasteiger partial charge in [0.2, 0.25) is 5.91 Å². The second-order valence-electron chi connectivity index (χ2n) is 6.42. The number of rotatable bonds is 10. The number of allylic oxidation sites excluding steroid dienone is 2. The van der Waals surface area contributed by atoms with E-state index in [2.05, 4.69) is 45.8 Å². The first-order valence-corrected chi connectivity index (χ1v) is 7.86. The van der Waals surface area contributed by atoms with Gasteiger partial charge in [-0.2, -0.15) is 0 Å². The molecule has 0 aromatic carbocycles. The summed E-state index contributed by atoms with van der Waals surface area (Å²) in [6, 6.07) is 0. The number of carbonyl (C=O) groups excluding carboxylic acids is 1. The monoisotopic (exact) mass is 282 g/mol. The average Bonchev–Trinajstić information content (AvgIpc) is 2.32. The molecule has 0 aliphatic heterocycles. The van der Waals surface area contributed by atoms with Crippen LogP contribution in [-0.2, 0) is 4.79 Å². The maximum Gasteiger partial charge on any atom is 0.219 e. The van der Waals surface area contributed by atoms with E-state index < -0.39 is 0 Å². The Morgan fingerprint density at radius 1 is 1.05 bits per heavy atom. The largest absolute Gasteiger partial charge is 0.343 e. The lowest BCUT2D eigenvalue weighted by Crippen LogP contribution is -2.33. The fourth-order valence-electron chi connectivity index (χ4n) is 2.18. The third-order valence-electron chi connectivity index (χ3n) is 3.58. The minimum absolute atomic E-state index is 0.209. The molecule has 0 unspecified atom stereocenters. The van der Waals surface area contributed by atoms with Crippen LogP contribution in [0, 0.1) is 5.92 Å². The van der Waals surface area contributed by atoms with Crippen LogP contribution >= 0.6 is 0 Å². The van der Waals surface area contributed by atoms with Gasteiger partial charge < -0.3 is 9.80 Å². The molecule has 0 heterocycles. The number of carbonyl (C=O) groups is 1. The van der Waals surface area contributed by atoms with Crippen LogP contribution < -0.4 is 0 Å². The topological polar surface area (TPSA) is 23.6 Å². The average molecular weight is 282 g/mol. The van der Waals surface area contributed by atoms with Crippen molar-refractivity contribution in [3.8, 4) is 0 Å². The molecule has 1 amide bonds.